The molecule has 1 aliphatic rings. The number of likely N-dealkylation sites (tertiary alicyclic amines) is 1. The van der Waals surface area contributed by atoms with Gasteiger partial charge < -0.3 is 19.2 Å². The Morgan fingerprint density at radius 2 is 2.08 bits per heavy atom. The van der Waals surface area contributed by atoms with Crippen molar-refractivity contribution in [1.82, 2.24) is 19.4 Å². The molecule has 0 spiro atoms. The third kappa shape index (κ3) is 3.58. The van der Waals surface area contributed by atoms with Crippen molar-refractivity contribution in [3.05, 3.63) is 59.4 Å². The van der Waals surface area contributed by atoms with Crippen molar-refractivity contribution in [3.8, 4) is 5.75 Å². The Balaban J connectivity index is 1.30. The van der Waals surface area contributed by atoms with Crippen LogP contribution in [-0.4, -0.2) is 45.2 Å². The Morgan fingerprint density at radius 3 is 2.92 bits per heavy atom. The van der Waals surface area contributed by atoms with Gasteiger partial charge in [0.1, 0.15) is 11.9 Å². The van der Waals surface area contributed by atoms with Crippen molar-refractivity contribution in [3.63, 3.8) is 0 Å². The van der Waals surface area contributed by atoms with Crippen molar-refractivity contribution in [1.29, 1.82) is 0 Å². The number of rotatable bonds is 5. The van der Waals surface area contributed by atoms with E-state index in [1.165, 1.54) is 6.20 Å². The van der Waals surface area contributed by atoms with Crippen LogP contribution in [0.2, 0.25) is 0 Å². The van der Waals surface area contributed by atoms with Crippen LogP contribution in [-0.2, 0) is 6.54 Å². The summed E-state index contributed by atoms with van der Waals surface area (Å²) in [6.07, 6.45) is 8.97. The second-order valence-corrected chi connectivity index (χ2v) is 6.46. The number of piperidine rings is 1. The van der Waals surface area contributed by atoms with E-state index >= 15 is 0 Å². The highest BCUT2D eigenvalue weighted by molar-refractivity contribution is 5.85. The van der Waals surface area contributed by atoms with Crippen LogP contribution >= 0.6 is 0 Å². The highest BCUT2D eigenvalue weighted by atomic mass is 16.5. The number of nitrogens with zero attached hydrogens (tertiary/aromatic N) is 3. The van der Waals surface area contributed by atoms with Gasteiger partial charge in [0.15, 0.2) is 0 Å². The lowest BCUT2D eigenvalue weighted by Gasteiger charge is -2.32. The molecule has 0 bridgehead atoms. The first-order valence-corrected chi connectivity index (χ1v) is 8.75. The van der Waals surface area contributed by atoms with Gasteiger partial charge in [0.2, 0.25) is 0 Å². The van der Waals surface area contributed by atoms with E-state index in [1.54, 1.807) is 17.0 Å². The zero-order valence-corrected chi connectivity index (χ0v) is 14.1. The topological polar surface area (TPSA) is 63.1 Å². The van der Waals surface area contributed by atoms with Crippen molar-refractivity contribution in [2.45, 2.75) is 25.5 Å². The molecule has 1 fully saturated rings. The van der Waals surface area contributed by atoms with Gasteiger partial charge in [-0.15, -0.1) is 0 Å². The summed E-state index contributed by atoms with van der Waals surface area (Å²) >= 11 is 0. The summed E-state index contributed by atoms with van der Waals surface area (Å²) in [5.41, 5.74) is 1.07. The molecule has 0 radical (unpaired) electrons. The molecule has 2 aromatic heterocycles. The smallest absolute Gasteiger partial charge is 0.269 e. The quantitative estimate of drug-likeness (QED) is 0.775. The van der Waals surface area contributed by atoms with Crippen molar-refractivity contribution < 1.29 is 4.74 Å². The maximum atomic E-state index is 11.7. The van der Waals surface area contributed by atoms with Crippen molar-refractivity contribution in [2.75, 3.05) is 19.6 Å². The lowest BCUT2D eigenvalue weighted by Crippen LogP contribution is -2.40. The molecule has 3 heterocycles. The number of ether oxygens (including phenoxy) is 1. The standard InChI is InChI=1S/C19H22N4O2/c24-19-14-20-8-11-23(19)13-12-22-9-5-15(6-10-22)25-18-3-1-2-17-16(18)4-7-21-17/h1-4,7-8,11,14-15,21H,5-6,9-10,12-13H2. The molecule has 0 atom stereocenters. The molecule has 3 aromatic rings. The van der Waals surface area contributed by atoms with Gasteiger partial charge >= 0.3 is 0 Å². The fourth-order valence-electron chi connectivity index (χ4n) is 3.40. The van der Waals surface area contributed by atoms with E-state index in [-0.39, 0.29) is 11.7 Å². The predicted octanol–water partition coefficient (Wildman–Crippen LogP) is 2.27. The maximum Gasteiger partial charge on any atom is 0.269 e. The monoisotopic (exact) mass is 338 g/mol. The van der Waals surface area contributed by atoms with Crippen LogP contribution in [0.3, 0.4) is 0 Å². The molecule has 0 aliphatic carbocycles. The molecular formula is C19H22N4O2. The second-order valence-electron chi connectivity index (χ2n) is 6.46. The van der Waals surface area contributed by atoms with E-state index in [1.807, 2.05) is 18.3 Å². The third-order valence-corrected chi connectivity index (χ3v) is 4.84. The van der Waals surface area contributed by atoms with Gasteiger partial charge in [-0.1, -0.05) is 6.07 Å². The van der Waals surface area contributed by atoms with E-state index < -0.39 is 0 Å². The molecule has 25 heavy (non-hydrogen) atoms. The number of hydrogen-bond donors (Lipinski definition) is 1. The fraction of sp³-hybridized carbons (Fsp3) is 0.368. The Labute approximate surface area is 146 Å². The van der Waals surface area contributed by atoms with Gasteiger partial charge in [0, 0.05) is 55.7 Å². The van der Waals surface area contributed by atoms with Crippen molar-refractivity contribution in [2.24, 2.45) is 0 Å². The number of fused-ring (bicyclic) bond motifs is 1. The summed E-state index contributed by atoms with van der Waals surface area (Å²) in [5, 5.41) is 1.14. The molecule has 1 saturated heterocycles. The molecule has 6 heteroatoms. The van der Waals surface area contributed by atoms with Crippen LogP contribution in [0.4, 0.5) is 0 Å². The van der Waals surface area contributed by atoms with E-state index in [2.05, 4.69) is 27.0 Å². The lowest BCUT2D eigenvalue weighted by atomic mass is 10.1. The maximum absolute atomic E-state index is 11.7. The van der Waals surface area contributed by atoms with E-state index in [4.69, 9.17) is 4.74 Å². The Morgan fingerprint density at radius 1 is 1.20 bits per heavy atom. The Kier molecular flexibility index (Phi) is 4.52. The van der Waals surface area contributed by atoms with Gasteiger partial charge in [-0.05, 0) is 31.0 Å². The number of aromatic amines is 1. The third-order valence-electron chi connectivity index (χ3n) is 4.84. The minimum absolute atomic E-state index is 0.0414. The van der Waals surface area contributed by atoms with Crippen LogP contribution in [0.1, 0.15) is 12.8 Å². The average Bonchev–Trinajstić information content (AvgIpc) is 3.12. The first-order valence-electron chi connectivity index (χ1n) is 8.75. The SMILES string of the molecule is O=c1cnccn1CCN1CCC(Oc2cccc3[nH]ccc23)CC1. The van der Waals surface area contributed by atoms with Gasteiger partial charge in [0.05, 0.1) is 6.20 Å². The summed E-state index contributed by atoms with van der Waals surface area (Å²) < 4.78 is 7.96. The van der Waals surface area contributed by atoms with Crippen LogP contribution in [0.25, 0.3) is 10.9 Å². The van der Waals surface area contributed by atoms with Gasteiger partial charge in [0.25, 0.3) is 5.56 Å². The molecule has 4 rings (SSSR count). The molecule has 1 aliphatic heterocycles. The summed E-state index contributed by atoms with van der Waals surface area (Å²) in [6, 6.07) is 8.19. The van der Waals surface area contributed by atoms with Crippen LogP contribution in [0, 0.1) is 0 Å². The average molecular weight is 338 g/mol. The predicted molar refractivity (Wildman–Crippen MR) is 96.9 cm³/mol. The number of hydrogen-bond acceptors (Lipinski definition) is 4. The summed E-state index contributed by atoms with van der Waals surface area (Å²) in [7, 11) is 0. The van der Waals surface area contributed by atoms with Crippen molar-refractivity contribution >= 4 is 10.9 Å². The normalized spacial score (nSPS) is 16.3. The van der Waals surface area contributed by atoms with Crippen LogP contribution < -0.4 is 10.3 Å². The molecule has 6 nitrogen and oxygen atoms in total. The highest BCUT2D eigenvalue weighted by Gasteiger charge is 2.21. The minimum atomic E-state index is -0.0414. The first kappa shape index (κ1) is 15.9. The van der Waals surface area contributed by atoms with Crippen LogP contribution in [0.5, 0.6) is 5.75 Å². The van der Waals surface area contributed by atoms with Crippen LogP contribution in [0.15, 0.2) is 53.8 Å². The Hall–Kier alpha value is -2.60. The van der Waals surface area contributed by atoms with Gasteiger partial charge in [-0.25, -0.2) is 0 Å². The van der Waals surface area contributed by atoms with E-state index in [9.17, 15) is 4.79 Å². The molecule has 0 saturated carbocycles. The molecule has 0 amide bonds. The van der Waals surface area contributed by atoms with E-state index in [0.29, 0.717) is 6.54 Å². The van der Waals surface area contributed by atoms with E-state index in [0.717, 1.165) is 49.1 Å². The number of H-pyrrole nitrogens is 1. The highest BCUT2D eigenvalue weighted by Crippen LogP contribution is 2.27. The number of aromatic nitrogens is 3. The summed E-state index contributed by atoms with van der Waals surface area (Å²) in [5.74, 6) is 0.959. The molecule has 130 valence electrons. The molecule has 0 unspecified atom stereocenters. The zero-order valence-electron chi connectivity index (χ0n) is 14.1. The first-order chi connectivity index (χ1) is 12.3. The number of nitrogens with one attached hydrogen (secondary N) is 1. The zero-order chi connectivity index (χ0) is 17.1. The Bertz CT molecular complexity index is 893. The fourth-order valence-corrected chi connectivity index (χ4v) is 3.40. The minimum Gasteiger partial charge on any atom is -0.490 e. The molecular weight excluding hydrogens is 316 g/mol. The molecule has 1 N–H and O–H groups in total. The number of benzene rings is 1. The molecule has 1 aromatic carbocycles. The summed E-state index contributed by atoms with van der Waals surface area (Å²) in [4.78, 5) is 21.1. The lowest BCUT2D eigenvalue weighted by molar-refractivity contribution is 0.0996. The largest absolute Gasteiger partial charge is 0.490 e. The summed E-state index contributed by atoms with van der Waals surface area (Å²) in [6.45, 7) is 3.57. The van der Waals surface area contributed by atoms with Gasteiger partial charge in [-0.3, -0.25) is 9.78 Å². The van der Waals surface area contributed by atoms with Gasteiger partial charge in [-0.2, -0.15) is 0 Å². The second kappa shape index (κ2) is 7.11.